The van der Waals surface area contributed by atoms with Gasteiger partial charge < -0.3 is 11.1 Å². The number of hydrogen-bond donors (Lipinski definition) is 3. The van der Waals surface area contributed by atoms with E-state index < -0.39 is 10.0 Å². The van der Waals surface area contributed by atoms with E-state index in [2.05, 4.69) is 20.5 Å². The quantitative estimate of drug-likeness (QED) is 0.434. The molecule has 3 aromatic rings. The molecule has 0 saturated heterocycles. The van der Waals surface area contributed by atoms with Crippen molar-refractivity contribution in [2.75, 3.05) is 27.7 Å². The van der Waals surface area contributed by atoms with Crippen LogP contribution in [0.15, 0.2) is 58.6 Å². The third-order valence-electron chi connectivity index (χ3n) is 3.93. The number of rotatable bonds is 8. The molecule has 4 N–H and O–H groups in total. The number of carbonyl (C=O) groups is 1. The van der Waals surface area contributed by atoms with Gasteiger partial charge in [-0.05, 0) is 37.3 Å². The van der Waals surface area contributed by atoms with Crippen molar-refractivity contribution < 1.29 is 13.2 Å². The van der Waals surface area contributed by atoms with Crippen LogP contribution < -0.4 is 15.4 Å². The average molecular weight is 467 g/mol. The Morgan fingerprint density at radius 2 is 2.00 bits per heavy atom. The number of benzene rings is 2. The van der Waals surface area contributed by atoms with Crippen LogP contribution in [0.4, 0.5) is 17.3 Å². The van der Waals surface area contributed by atoms with Crippen LogP contribution in [0.2, 0.25) is 5.02 Å². The second-order valence-corrected chi connectivity index (χ2v) is 9.17. The maximum Gasteiger partial charge on any atom is 0.265 e. The Bertz CT molecular complexity index is 1140. The van der Waals surface area contributed by atoms with Crippen molar-refractivity contribution in [3.63, 3.8) is 0 Å². The largest absolute Gasteiger partial charge is 0.368 e. The van der Waals surface area contributed by atoms with Crippen LogP contribution in [0.5, 0.6) is 0 Å². The molecule has 2 aromatic carbocycles. The predicted octanol–water partition coefficient (Wildman–Crippen LogP) is 2.99. The predicted molar refractivity (Wildman–Crippen MR) is 118 cm³/mol. The van der Waals surface area contributed by atoms with Gasteiger partial charge in [-0.1, -0.05) is 41.6 Å². The van der Waals surface area contributed by atoms with Crippen LogP contribution in [0.3, 0.4) is 0 Å². The summed E-state index contributed by atoms with van der Waals surface area (Å²) in [4.78, 5) is 16.0. The fraction of sp³-hybridized carbons (Fsp3) is 0.167. The number of para-hydroxylation sites is 1. The zero-order valence-corrected chi connectivity index (χ0v) is 18.3. The van der Waals surface area contributed by atoms with Crippen molar-refractivity contribution in [3.05, 3.63) is 53.6 Å². The number of amides is 1. The Morgan fingerprint density at radius 1 is 1.27 bits per heavy atom. The van der Waals surface area contributed by atoms with Gasteiger partial charge in [-0.3, -0.25) is 9.10 Å². The van der Waals surface area contributed by atoms with Gasteiger partial charge in [0.15, 0.2) is 0 Å². The first kappa shape index (κ1) is 21.9. The standard InChI is InChI=1S/C18H19ClN6O3S2/c1-2-25(13-6-4-3-5-7-13)30(27,28)15-10-12(8-9-14(15)19)21-16(26)11-29-18-22-17(20)23-24-18/h3-10H,2,11H2,1H3,(H,21,26)(H3,20,22,23,24). The summed E-state index contributed by atoms with van der Waals surface area (Å²) < 4.78 is 27.7. The van der Waals surface area contributed by atoms with E-state index in [9.17, 15) is 13.2 Å². The van der Waals surface area contributed by atoms with E-state index in [0.29, 0.717) is 16.5 Å². The van der Waals surface area contributed by atoms with E-state index in [1.165, 1.54) is 22.5 Å². The number of halogens is 1. The minimum Gasteiger partial charge on any atom is -0.368 e. The minimum absolute atomic E-state index is 0.0209. The number of aromatic nitrogens is 3. The van der Waals surface area contributed by atoms with E-state index >= 15 is 0 Å². The zero-order valence-electron chi connectivity index (χ0n) is 15.9. The van der Waals surface area contributed by atoms with Crippen molar-refractivity contribution in [2.45, 2.75) is 17.0 Å². The molecule has 3 rings (SSSR count). The summed E-state index contributed by atoms with van der Waals surface area (Å²) in [5.41, 5.74) is 6.27. The highest BCUT2D eigenvalue weighted by Gasteiger charge is 2.26. The summed E-state index contributed by atoms with van der Waals surface area (Å²) >= 11 is 7.28. The lowest BCUT2D eigenvalue weighted by atomic mass is 10.3. The monoisotopic (exact) mass is 466 g/mol. The Morgan fingerprint density at radius 3 is 2.63 bits per heavy atom. The molecule has 0 spiro atoms. The van der Waals surface area contributed by atoms with E-state index in [-0.39, 0.29) is 34.1 Å². The lowest BCUT2D eigenvalue weighted by molar-refractivity contribution is -0.113. The topological polar surface area (TPSA) is 134 Å². The molecule has 0 bridgehead atoms. The highest BCUT2D eigenvalue weighted by Crippen LogP contribution is 2.30. The first-order valence-electron chi connectivity index (χ1n) is 8.79. The molecule has 30 heavy (non-hydrogen) atoms. The molecule has 0 aliphatic carbocycles. The number of carbonyl (C=O) groups excluding carboxylic acids is 1. The second-order valence-electron chi connectivity index (χ2n) is 5.99. The molecular formula is C18H19ClN6O3S2. The fourth-order valence-corrected chi connectivity index (χ4v) is 5.22. The number of aromatic amines is 1. The van der Waals surface area contributed by atoms with Crippen molar-refractivity contribution in [1.29, 1.82) is 0 Å². The number of nitrogens with two attached hydrogens (primary N) is 1. The van der Waals surface area contributed by atoms with Crippen LogP contribution in [0, 0.1) is 0 Å². The van der Waals surface area contributed by atoms with E-state index in [1.54, 1.807) is 37.3 Å². The van der Waals surface area contributed by atoms with Gasteiger partial charge in [0.05, 0.1) is 16.5 Å². The molecule has 158 valence electrons. The Labute approximate surface area is 183 Å². The third-order valence-corrected chi connectivity index (χ3v) is 7.16. The number of H-pyrrole nitrogens is 1. The van der Waals surface area contributed by atoms with Crippen LogP contribution >= 0.6 is 23.4 Å². The van der Waals surface area contributed by atoms with Crippen molar-refractivity contribution in [3.8, 4) is 0 Å². The molecule has 0 aliphatic rings. The molecular weight excluding hydrogens is 448 g/mol. The van der Waals surface area contributed by atoms with Crippen LogP contribution in [-0.2, 0) is 14.8 Å². The molecule has 0 unspecified atom stereocenters. The van der Waals surface area contributed by atoms with E-state index in [4.69, 9.17) is 17.3 Å². The minimum atomic E-state index is -3.94. The highest BCUT2D eigenvalue weighted by atomic mass is 35.5. The number of nitrogens with zero attached hydrogens (tertiary/aromatic N) is 3. The summed E-state index contributed by atoms with van der Waals surface area (Å²) in [6, 6.07) is 13.0. The smallest absolute Gasteiger partial charge is 0.265 e. The second kappa shape index (κ2) is 9.37. The number of anilines is 3. The van der Waals surface area contributed by atoms with E-state index in [0.717, 1.165) is 11.8 Å². The van der Waals surface area contributed by atoms with Gasteiger partial charge in [0, 0.05) is 12.2 Å². The molecule has 1 amide bonds. The molecule has 0 atom stereocenters. The molecule has 1 aromatic heterocycles. The molecule has 0 aliphatic heterocycles. The summed E-state index contributed by atoms with van der Waals surface area (Å²) in [7, 11) is -3.94. The molecule has 1 heterocycles. The summed E-state index contributed by atoms with van der Waals surface area (Å²) in [5, 5.41) is 9.37. The molecule has 12 heteroatoms. The summed E-state index contributed by atoms with van der Waals surface area (Å²) in [6.45, 7) is 1.95. The van der Waals surface area contributed by atoms with E-state index in [1.807, 2.05) is 0 Å². The number of nitrogens with one attached hydrogen (secondary N) is 2. The van der Waals surface area contributed by atoms with Gasteiger partial charge in [0.1, 0.15) is 4.90 Å². The maximum absolute atomic E-state index is 13.2. The number of hydrogen-bond acceptors (Lipinski definition) is 7. The lowest BCUT2D eigenvalue weighted by Gasteiger charge is -2.23. The van der Waals surface area contributed by atoms with Gasteiger partial charge in [-0.25, -0.2) is 13.5 Å². The number of sulfonamides is 1. The first-order valence-corrected chi connectivity index (χ1v) is 11.6. The van der Waals surface area contributed by atoms with Gasteiger partial charge >= 0.3 is 0 Å². The Kier molecular flexibility index (Phi) is 6.85. The Balaban J connectivity index is 1.79. The SMILES string of the molecule is CCN(c1ccccc1)S(=O)(=O)c1cc(NC(=O)CSc2n[nH]c(N)n2)ccc1Cl. The fourth-order valence-electron chi connectivity index (χ4n) is 2.63. The van der Waals surface area contributed by atoms with Crippen LogP contribution in [0.1, 0.15) is 6.92 Å². The van der Waals surface area contributed by atoms with Gasteiger partial charge in [-0.2, -0.15) is 4.98 Å². The summed E-state index contributed by atoms with van der Waals surface area (Å²) in [6.07, 6.45) is 0. The third kappa shape index (κ3) is 5.04. The molecule has 9 nitrogen and oxygen atoms in total. The van der Waals surface area contributed by atoms with Crippen LogP contribution in [0.25, 0.3) is 0 Å². The average Bonchev–Trinajstić information content (AvgIpc) is 3.14. The number of nitrogen functional groups attached to an aromatic ring is 1. The van der Waals surface area contributed by atoms with Crippen molar-refractivity contribution in [1.82, 2.24) is 15.2 Å². The summed E-state index contributed by atoms with van der Waals surface area (Å²) in [5.74, 6) is -0.179. The van der Waals surface area contributed by atoms with Crippen molar-refractivity contribution in [2.24, 2.45) is 0 Å². The number of thioether (sulfide) groups is 1. The van der Waals surface area contributed by atoms with Crippen LogP contribution in [-0.4, -0.2) is 41.8 Å². The molecule has 0 saturated carbocycles. The van der Waals surface area contributed by atoms with Crippen molar-refractivity contribution >= 4 is 56.6 Å². The van der Waals surface area contributed by atoms with Gasteiger partial charge in [0.25, 0.3) is 10.0 Å². The normalized spacial score (nSPS) is 11.3. The zero-order chi connectivity index (χ0) is 21.7. The highest BCUT2D eigenvalue weighted by molar-refractivity contribution is 7.99. The van der Waals surface area contributed by atoms with Gasteiger partial charge in [0.2, 0.25) is 17.0 Å². The Hall–Kier alpha value is -2.76. The lowest BCUT2D eigenvalue weighted by Crippen LogP contribution is -2.31. The molecule has 0 radical (unpaired) electrons. The van der Waals surface area contributed by atoms with Gasteiger partial charge in [-0.15, -0.1) is 5.10 Å². The molecule has 0 fully saturated rings. The maximum atomic E-state index is 13.2. The first-order chi connectivity index (χ1) is 14.3.